The van der Waals surface area contributed by atoms with Gasteiger partial charge in [0.2, 0.25) is 23.6 Å². The maximum atomic E-state index is 13.8. The van der Waals surface area contributed by atoms with Gasteiger partial charge in [-0.3, -0.25) is 29.4 Å². The average molecular weight is 483 g/mol. The van der Waals surface area contributed by atoms with Crippen LogP contribution in [0.4, 0.5) is 5.69 Å². The number of nitrogens with zero attached hydrogens (tertiary/aromatic N) is 1. The summed E-state index contributed by atoms with van der Waals surface area (Å²) in [4.78, 5) is 53.8. The van der Waals surface area contributed by atoms with Crippen molar-refractivity contribution in [3.63, 3.8) is 0 Å². The van der Waals surface area contributed by atoms with Crippen LogP contribution in [0.15, 0.2) is 36.4 Å². The fraction of sp³-hybridized carbons (Fsp3) is 0.333. The van der Waals surface area contributed by atoms with Crippen LogP contribution in [0.25, 0.3) is 0 Å². The maximum absolute atomic E-state index is 13.8. The Balaban J connectivity index is 1.59. The van der Waals surface area contributed by atoms with Crippen LogP contribution in [0, 0.1) is 18.8 Å². The fourth-order valence-corrected chi connectivity index (χ4v) is 5.83. The average Bonchev–Trinajstić information content (AvgIpc) is 3.35. The molecule has 1 spiro atoms. The molecule has 9 nitrogen and oxygen atoms in total. The van der Waals surface area contributed by atoms with Gasteiger partial charge >= 0.3 is 0 Å². The van der Waals surface area contributed by atoms with Crippen molar-refractivity contribution in [3.05, 3.63) is 58.1 Å². The van der Waals surface area contributed by atoms with E-state index in [0.29, 0.717) is 22.0 Å². The first kappa shape index (κ1) is 22.4. The largest absolute Gasteiger partial charge is 0.497 e. The maximum Gasteiger partial charge on any atom is 0.250 e. The molecule has 4 atom stereocenters. The zero-order valence-corrected chi connectivity index (χ0v) is 19.3. The highest BCUT2D eigenvalue weighted by molar-refractivity contribution is 6.31. The molecular weight excluding hydrogens is 460 g/mol. The van der Waals surface area contributed by atoms with Crippen molar-refractivity contribution >= 4 is 40.9 Å². The van der Waals surface area contributed by atoms with Crippen LogP contribution in [-0.2, 0) is 31.3 Å². The third kappa shape index (κ3) is 3.11. The topological polar surface area (TPSA) is 131 Å². The molecule has 2 aromatic carbocycles. The van der Waals surface area contributed by atoms with E-state index in [-0.39, 0.29) is 13.0 Å². The number of hydrogen-bond acceptors (Lipinski definition) is 6. The molecule has 3 aliphatic heterocycles. The summed E-state index contributed by atoms with van der Waals surface area (Å²) in [6.45, 7) is 1.84. The molecule has 0 aliphatic carbocycles. The van der Waals surface area contributed by atoms with Crippen LogP contribution in [0.5, 0.6) is 5.75 Å². The van der Waals surface area contributed by atoms with Gasteiger partial charge in [0.05, 0.1) is 25.5 Å². The van der Waals surface area contributed by atoms with Crippen molar-refractivity contribution in [2.45, 2.75) is 31.5 Å². The van der Waals surface area contributed by atoms with Crippen LogP contribution in [0.2, 0.25) is 5.02 Å². The number of likely N-dealkylation sites (tertiary alicyclic amines) is 1. The van der Waals surface area contributed by atoms with Crippen LogP contribution >= 0.6 is 11.6 Å². The quantitative estimate of drug-likeness (QED) is 0.553. The summed E-state index contributed by atoms with van der Waals surface area (Å²) in [7, 11) is 1.55. The van der Waals surface area contributed by atoms with Crippen LogP contribution in [-0.4, -0.2) is 41.7 Å². The van der Waals surface area contributed by atoms with Gasteiger partial charge in [0.1, 0.15) is 11.3 Å². The number of hydrogen-bond donors (Lipinski definition) is 3. The Hall–Kier alpha value is -3.43. The molecule has 4 N–H and O–H groups in total. The highest BCUT2D eigenvalue weighted by Gasteiger charge is 2.70. The molecule has 0 bridgehead atoms. The first-order valence-electron chi connectivity index (χ1n) is 10.8. The lowest BCUT2D eigenvalue weighted by Crippen LogP contribution is -2.53. The van der Waals surface area contributed by atoms with Crippen LogP contribution in [0.3, 0.4) is 0 Å². The Morgan fingerprint density at radius 3 is 2.53 bits per heavy atom. The van der Waals surface area contributed by atoms with Gasteiger partial charge in [-0.15, -0.1) is 0 Å². The second-order valence-corrected chi connectivity index (χ2v) is 9.38. The zero-order chi connectivity index (χ0) is 24.4. The molecule has 3 heterocycles. The normalized spacial score (nSPS) is 27.2. The van der Waals surface area contributed by atoms with Gasteiger partial charge in [0.25, 0.3) is 0 Å². The van der Waals surface area contributed by atoms with Crippen LogP contribution in [0.1, 0.15) is 23.1 Å². The van der Waals surface area contributed by atoms with Gasteiger partial charge in [-0.05, 0) is 42.3 Å². The first-order chi connectivity index (χ1) is 16.2. The Bertz CT molecular complexity index is 1250. The minimum Gasteiger partial charge on any atom is -0.497 e. The number of rotatable bonds is 5. The number of carbonyl (C=O) groups is 4. The van der Waals surface area contributed by atoms with Gasteiger partial charge in [0, 0.05) is 28.7 Å². The Morgan fingerprint density at radius 2 is 1.88 bits per heavy atom. The number of nitrogens with two attached hydrogens (primary N) is 1. The molecular formula is C24H23ClN4O5. The molecule has 10 heteroatoms. The van der Waals surface area contributed by atoms with E-state index in [1.54, 1.807) is 50.4 Å². The number of imide groups is 1. The first-order valence-corrected chi connectivity index (χ1v) is 11.2. The second-order valence-electron chi connectivity index (χ2n) is 8.94. The predicted molar refractivity (Wildman–Crippen MR) is 123 cm³/mol. The van der Waals surface area contributed by atoms with Crippen molar-refractivity contribution in [2.75, 3.05) is 12.4 Å². The second kappa shape index (κ2) is 7.82. The van der Waals surface area contributed by atoms with Crippen LogP contribution < -0.4 is 21.1 Å². The SMILES string of the molecule is COc1ccc(CN2C(=O)[C@@H]3[C@H](CC(N)=O)N[C@]4(C(=O)Nc5c(C)cc(Cl)cc54)[C@H]3C2=O)cc1. The van der Waals surface area contributed by atoms with Crippen molar-refractivity contribution in [2.24, 2.45) is 17.6 Å². The number of primary amides is 1. The van der Waals surface area contributed by atoms with E-state index in [2.05, 4.69) is 10.6 Å². The van der Waals surface area contributed by atoms with Gasteiger partial charge in [-0.1, -0.05) is 23.7 Å². The molecule has 0 saturated carbocycles. The number of halogens is 1. The van der Waals surface area contributed by atoms with E-state index in [9.17, 15) is 19.2 Å². The summed E-state index contributed by atoms with van der Waals surface area (Å²) in [5.74, 6) is -3.33. The minimum absolute atomic E-state index is 0.0388. The lowest BCUT2D eigenvalue weighted by Gasteiger charge is -2.29. The third-order valence-electron chi connectivity index (χ3n) is 7.00. The monoisotopic (exact) mass is 482 g/mol. The molecule has 176 valence electrons. The minimum atomic E-state index is -1.53. The Morgan fingerprint density at radius 1 is 1.18 bits per heavy atom. The number of fused-ring (bicyclic) bond motifs is 4. The number of methoxy groups -OCH3 is 1. The zero-order valence-electron chi connectivity index (χ0n) is 18.6. The summed E-state index contributed by atoms with van der Waals surface area (Å²) in [5.41, 5.74) is 6.44. The van der Waals surface area contributed by atoms with Gasteiger partial charge in [-0.25, -0.2) is 0 Å². The van der Waals surface area contributed by atoms with E-state index in [1.807, 2.05) is 0 Å². The third-order valence-corrected chi connectivity index (χ3v) is 7.22. The molecule has 5 rings (SSSR count). The standard InChI is InChI=1S/C24H23ClN4O5/c1-11-7-13(25)8-15-20(11)27-23(33)24(15)19-18(16(28-24)9-17(26)30)21(31)29(22(19)32)10-12-3-5-14(34-2)6-4-12/h3-8,16,18-19,28H,9-10H2,1-2H3,(H2,26,30)(H,27,33)/t16-,18+,19+,24-/m0/s1. The van der Waals surface area contributed by atoms with Crippen molar-refractivity contribution < 1.29 is 23.9 Å². The van der Waals surface area contributed by atoms with Crippen molar-refractivity contribution in [1.29, 1.82) is 0 Å². The smallest absolute Gasteiger partial charge is 0.250 e. The lowest BCUT2D eigenvalue weighted by molar-refractivity contribution is -0.143. The van der Waals surface area contributed by atoms with Crippen molar-refractivity contribution in [1.82, 2.24) is 10.2 Å². The number of ether oxygens (including phenoxy) is 1. The molecule has 2 saturated heterocycles. The summed E-state index contributed by atoms with van der Waals surface area (Å²) in [5, 5.41) is 6.42. The molecule has 0 aromatic heterocycles. The van der Waals surface area contributed by atoms with E-state index in [4.69, 9.17) is 22.1 Å². The summed E-state index contributed by atoms with van der Waals surface area (Å²) < 4.78 is 5.17. The summed E-state index contributed by atoms with van der Waals surface area (Å²) in [6, 6.07) is 9.58. The Kier molecular flexibility index (Phi) is 5.14. The number of nitrogens with one attached hydrogen (secondary N) is 2. The molecule has 34 heavy (non-hydrogen) atoms. The molecule has 0 radical (unpaired) electrons. The Labute approximate surface area is 200 Å². The van der Waals surface area contributed by atoms with Gasteiger partial charge in [-0.2, -0.15) is 0 Å². The number of anilines is 1. The van der Waals surface area contributed by atoms with E-state index < -0.39 is 47.0 Å². The highest BCUT2D eigenvalue weighted by atomic mass is 35.5. The predicted octanol–water partition coefficient (Wildman–Crippen LogP) is 1.45. The van der Waals surface area contributed by atoms with E-state index in [1.165, 1.54) is 0 Å². The molecule has 2 fully saturated rings. The summed E-state index contributed by atoms with van der Waals surface area (Å²) >= 11 is 6.31. The number of aryl methyl sites for hydroxylation is 1. The van der Waals surface area contributed by atoms with E-state index in [0.717, 1.165) is 16.0 Å². The lowest BCUT2D eigenvalue weighted by atomic mass is 9.76. The molecule has 3 aliphatic rings. The highest BCUT2D eigenvalue weighted by Crippen LogP contribution is 2.54. The fourth-order valence-electron chi connectivity index (χ4n) is 5.55. The number of amides is 4. The summed E-state index contributed by atoms with van der Waals surface area (Å²) in [6.07, 6.45) is -0.194. The van der Waals surface area contributed by atoms with E-state index >= 15 is 0 Å². The number of carbonyl (C=O) groups excluding carboxylic acids is 4. The van der Waals surface area contributed by atoms with Crippen molar-refractivity contribution in [3.8, 4) is 5.75 Å². The molecule has 2 aromatic rings. The molecule has 4 amide bonds. The number of benzene rings is 2. The molecule has 0 unspecified atom stereocenters. The van der Waals surface area contributed by atoms with Gasteiger partial charge < -0.3 is 15.8 Å². The van der Waals surface area contributed by atoms with Gasteiger partial charge in [0.15, 0.2) is 0 Å².